The fourth-order valence-electron chi connectivity index (χ4n) is 2.66. The van der Waals surface area contributed by atoms with Crippen LogP contribution in [0.1, 0.15) is 25.8 Å². The third kappa shape index (κ3) is 4.46. The van der Waals surface area contributed by atoms with E-state index >= 15 is 0 Å². The van der Waals surface area contributed by atoms with Crippen LogP contribution in [0.25, 0.3) is 0 Å². The Morgan fingerprint density at radius 2 is 2.00 bits per heavy atom. The predicted octanol–water partition coefficient (Wildman–Crippen LogP) is 2.21. The lowest BCUT2D eigenvalue weighted by molar-refractivity contribution is -0.127. The van der Waals surface area contributed by atoms with Crippen LogP contribution in [-0.2, 0) is 11.2 Å². The summed E-state index contributed by atoms with van der Waals surface area (Å²) in [5.74, 6) is 0.138. The molecule has 4 heteroatoms. The maximum absolute atomic E-state index is 11.7. The molecule has 0 radical (unpaired) electrons. The van der Waals surface area contributed by atoms with Gasteiger partial charge >= 0.3 is 0 Å². The highest BCUT2D eigenvalue weighted by Crippen LogP contribution is 2.18. The van der Waals surface area contributed by atoms with Crippen molar-refractivity contribution in [3.8, 4) is 0 Å². The largest absolute Gasteiger partial charge is 0.381 e. The second-order valence-corrected chi connectivity index (χ2v) is 6.38. The summed E-state index contributed by atoms with van der Waals surface area (Å²) in [6.07, 6.45) is 1.66. The van der Waals surface area contributed by atoms with E-state index in [1.54, 1.807) is 19.0 Å². The van der Waals surface area contributed by atoms with Gasteiger partial charge in [-0.1, -0.05) is 12.1 Å². The fraction of sp³-hybridized carbons (Fsp3) is 0.588. The number of carbonyl (C=O) groups is 1. The predicted molar refractivity (Wildman–Crippen MR) is 87.6 cm³/mol. The van der Waals surface area contributed by atoms with E-state index in [0.717, 1.165) is 17.8 Å². The van der Waals surface area contributed by atoms with Gasteiger partial charge in [0.25, 0.3) is 0 Å². The first-order valence-electron chi connectivity index (χ1n) is 7.75. The van der Waals surface area contributed by atoms with Crippen molar-refractivity contribution < 1.29 is 4.79 Å². The maximum Gasteiger partial charge on any atom is 0.226 e. The molecule has 1 saturated heterocycles. The molecule has 1 atom stereocenters. The summed E-state index contributed by atoms with van der Waals surface area (Å²) >= 11 is 0. The van der Waals surface area contributed by atoms with E-state index in [0.29, 0.717) is 18.5 Å². The molecule has 1 aliphatic heterocycles. The molecule has 21 heavy (non-hydrogen) atoms. The lowest BCUT2D eigenvalue weighted by Crippen LogP contribution is -2.31. The molecule has 116 valence electrons. The Hall–Kier alpha value is -1.55. The van der Waals surface area contributed by atoms with Gasteiger partial charge in [0.1, 0.15) is 0 Å². The first-order chi connectivity index (χ1) is 9.95. The van der Waals surface area contributed by atoms with Crippen molar-refractivity contribution in [3.05, 3.63) is 29.8 Å². The highest BCUT2D eigenvalue weighted by Gasteiger charge is 2.23. The molecule has 2 rings (SSSR count). The quantitative estimate of drug-likeness (QED) is 0.903. The number of likely N-dealkylation sites (N-methyl/N-ethyl adjacent to an activating group) is 1. The van der Waals surface area contributed by atoms with Crippen LogP contribution in [-0.4, -0.2) is 55.0 Å². The van der Waals surface area contributed by atoms with Crippen molar-refractivity contribution in [1.29, 1.82) is 0 Å². The highest BCUT2D eigenvalue weighted by molar-refractivity contribution is 5.78. The number of nitrogens with zero attached hydrogens (tertiary/aromatic N) is 2. The fourth-order valence-corrected chi connectivity index (χ4v) is 2.66. The van der Waals surface area contributed by atoms with Gasteiger partial charge in [-0.15, -0.1) is 0 Å². The van der Waals surface area contributed by atoms with E-state index in [4.69, 9.17) is 0 Å². The monoisotopic (exact) mass is 289 g/mol. The maximum atomic E-state index is 11.7. The number of hydrogen-bond acceptors (Lipinski definition) is 3. The molecular weight excluding hydrogens is 262 g/mol. The molecule has 1 fully saturated rings. The van der Waals surface area contributed by atoms with Gasteiger partial charge < -0.3 is 10.2 Å². The van der Waals surface area contributed by atoms with E-state index in [1.165, 1.54) is 13.0 Å². The topological polar surface area (TPSA) is 35.6 Å². The third-order valence-electron chi connectivity index (χ3n) is 4.13. The lowest BCUT2D eigenvalue weighted by atomic mass is 10.1. The van der Waals surface area contributed by atoms with E-state index < -0.39 is 0 Å². The number of amides is 1. The number of hydrogen-bond donors (Lipinski definition) is 1. The minimum atomic E-state index is 0.138. The third-order valence-corrected chi connectivity index (χ3v) is 4.13. The van der Waals surface area contributed by atoms with Crippen molar-refractivity contribution in [2.75, 3.05) is 32.5 Å². The van der Waals surface area contributed by atoms with E-state index in [1.807, 2.05) is 12.1 Å². The molecule has 1 amide bonds. The first kappa shape index (κ1) is 15.8. The van der Waals surface area contributed by atoms with Crippen molar-refractivity contribution in [1.82, 2.24) is 9.80 Å². The Morgan fingerprint density at radius 1 is 1.33 bits per heavy atom. The van der Waals surface area contributed by atoms with Crippen LogP contribution in [0.3, 0.4) is 0 Å². The van der Waals surface area contributed by atoms with Crippen molar-refractivity contribution in [3.63, 3.8) is 0 Å². The molecular formula is C17H27N3O. The molecule has 0 aromatic heterocycles. The molecule has 0 aliphatic carbocycles. The van der Waals surface area contributed by atoms with Gasteiger partial charge in [0.05, 0.1) is 6.42 Å². The van der Waals surface area contributed by atoms with Crippen LogP contribution in [0.15, 0.2) is 24.3 Å². The average Bonchev–Trinajstić information content (AvgIpc) is 2.89. The standard InChI is InChI=1S/C17H27N3O/c1-13(2)20-10-9-16(12-20)18-15-7-5-14(6-8-15)11-17(21)19(3)4/h5-8,13,16,18H,9-12H2,1-4H3. The summed E-state index contributed by atoms with van der Waals surface area (Å²) in [7, 11) is 3.58. The Bertz CT molecular complexity index is 467. The first-order valence-corrected chi connectivity index (χ1v) is 7.75. The summed E-state index contributed by atoms with van der Waals surface area (Å²) in [6, 6.07) is 9.39. The van der Waals surface area contributed by atoms with Gasteiger partial charge in [0.2, 0.25) is 5.91 Å². The van der Waals surface area contributed by atoms with Gasteiger partial charge in [0, 0.05) is 45.0 Å². The van der Waals surface area contributed by atoms with Crippen LogP contribution in [0.2, 0.25) is 0 Å². The summed E-state index contributed by atoms with van der Waals surface area (Å²) in [6.45, 7) is 6.78. The van der Waals surface area contributed by atoms with Gasteiger partial charge in [-0.2, -0.15) is 0 Å². The minimum absolute atomic E-state index is 0.138. The van der Waals surface area contributed by atoms with Crippen LogP contribution >= 0.6 is 0 Å². The second-order valence-electron chi connectivity index (χ2n) is 6.38. The smallest absolute Gasteiger partial charge is 0.226 e. The normalized spacial score (nSPS) is 19.0. The molecule has 0 saturated carbocycles. The van der Waals surface area contributed by atoms with Crippen LogP contribution in [0.5, 0.6) is 0 Å². The number of likely N-dealkylation sites (tertiary alicyclic amines) is 1. The summed E-state index contributed by atoms with van der Waals surface area (Å²) < 4.78 is 0. The van der Waals surface area contributed by atoms with E-state index in [-0.39, 0.29) is 5.91 Å². The Morgan fingerprint density at radius 3 is 2.52 bits per heavy atom. The molecule has 1 unspecified atom stereocenters. The minimum Gasteiger partial charge on any atom is -0.381 e. The SMILES string of the molecule is CC(C)N1CCC(Nc2ccc(CC(=O)N(C)C)cc2)C1. The molecule has 1 N–H and O–H groups in total. The molecule has 1 aliphatic rings. The lowest BCUT2D eigenvalue weighted by Gasteiger charge is -2.21. The molecule has 1 heterocycles. The summed E-state index contributed by atoms with van der Waals surface area (Å²) in [5.41, 5.74) is 2.21. The van der Waals surface area contributed by atoms with Gasteiger partial charge in [0.15, 0.2) is 0 Å². The average molecular weight is 289 g/mol. The van der Waals surface area contributed by atoms with Crippen LogP contribution in [0, 0.1) is 0 Å². The molecule has 1 aromatic carbocycles. The summed E-state index contributed by atoms with van der Waals surface area (Å²) in [4.78, 5) is 15.8. The summed E-state index contributed by atoms with van der Waals surface area (Å²) in [5, 5.41) is 3.59. The number of anilines is 1. The van der Waals surface area contributed by atoms with Crippen LogP contribution < -0.4 is 5.32 Å². The van der Waals surface area contributed by atoms with E-state index in [2.05, 4.69) is 36.2 Å². The Kier molecular flexibility index (Phi) is 5.23. The second kappa shape index (κ2) is 6.94. The van der Waals surface area contributed by atoms with Crippen LogP contribution in [0.4, 0.5) is 5.69 Å². The van der Waals surface area contributed by atoms with E-state index in [9.17, 15) is 4.79 Å². The molecule has 0 bridgehead atoms. The van der Waals surface area contributed by atoms with Gasteiger partial charge in [-0.25, -0.2) is 0 Å². The van der Waals surface area contributed by atoms with Gasteiger partial charge in [-0.3, -0.25) is 9.69 Å². The highest BCUT2D eigenvalue weighted by atomic mass is 16.2. The van der Waals surface area contributed by atoms with Crippen molar-refractivity contribution in [2.24, 2.45) is 0 Å². The Labute approximate surface area is 128 Å². The molecule has 4 nitrogen and oxygen atoms in total. The van der Waals surface area contributed by atoms with Gasteiger partial charge in [-0.05, 0) is 38.0 Å². The zero-order chi connectivity index (χ0) is 15.4. The molecule has 1 aromatic rings. The molecule has 0 spiro atoms. The number of carbonyl (C=O) groups excluding carboxylic acids is 1. The van der Waals surface area contributed by atoms with Crippen molar-refractivity contribution >= 4 is 11.6 Å². The van der Waals surface area contributed by atoms with Crippen molar-refractivity contribution in [2.45, 2.75) is 38.8 Å². The number of benzene rings is 1. The zero-order valence-corrected chi connectivity index (χ0v) is 13.6. The number of nitrogens with one attached hydrogen (secondary N) is 1. The Balaban J connectivity index is 1.87. The zero-order valence-electron chi connectivity index (χ0n) is 13.6. The number of rotatable bonds is 5.